The van der Waals surface area contributed by atoms with Gasteiger partial charge in [0.05, 0.1) is 0 Å². The van der Waals surface area contributed by atoms with E-state index in [0.717, 1.165) is 0 Å². The zero-order chi connectivity index (χ0) is 28.7. The van der Waals surface area contributed by atoms with Crippen molar-refractivity contribution >= 4 is 0 Å². The SMILES string of the molecule is C.CC.CC.CC.Cc1cccnc1C(C)C.Cc1ccncc1C(C)C.Cc1cnccc1C(C)C. The highest BCUT2D eigenvalue weighted by Crippen LogP contribution is 2.17. The lowest BCUT2D eigenvalue weighted by atomic mass is 10.0. The summed E-state index contributed by atoms with van der Waals surface area (Å²) in [6.07, 6.45) is 9.39. The molecule has 0 amide bonds. The van der Waals surface area contributed by atoms with Gasteiger partial charge in [0, 0.05) is 36.7 Å². The normalized spacial score (nSPS) is 8.92. The molecule has 3 nitrogen and oxygen atoms in total. The van der Waals surface area contributed by atoms with Crippen molar-refractivity contribution in [3.8, 4) is 0 Å². The molecule has 212 valence electrons. The van der Waals surface area contributed by atoms with E-state index in [0.29, 0.717) is 17.8 Å². The topological polar surface area (TPSA) is 38.7 Å². The maximum absolute atomic E-state index is 4.28. The predicted octanol–water partition coefficient (Wildman–Crippen LogP) is 11.3. The number of aryl methyl sites for hydroxylation is 3. The number of pyridine rings is 3. The molecular formula is C34H61N3. The molecule has 37 heavy (non-hydrogen) atoms. The molecule has 3 rings (SSSR count). The van der Waals surface area contributed by atoms with E-state index in [1.807, 2.05) is 78.6 Å². The maximum Gasteiger partial charge on any atom is 0.0458 e. The Labute approximate surface area is 232 Å². The van der Waals surface area contributed by atoms with Gasteiger partial charge in [0.25, 0.3) is 0 Å². The van der Waals surface area contributed by atoms with Crippen molar-refractivity contribution in [2.75, 3.05) is 0 Å². The molecule has 0 unspecified atom stereocenters. The Morgan fingerprint density at radius 3 is 1.32 bits per heavy atom. The molecule has 0 bridgehead atoms. The summed E-state index contributed by atoms with van der Waals surface area (Å²) in [4.78, 5) is 12.4. The summed E-state index contributed by atoms with van der Waals surface area (Å²) >= 11 is 0. The van der Waals surface area contributed by atoms with Crippen LogP contribution in [0.5, 0.6) is 0 Å². The average Bonchev–Trinajstić information content (AvgIpc) is 2.89. The fourth-order valence-electron chi connectivity index (χ4n) is 3.31. The summed E-state index contributed by atoms with van der Waals surface area (Å²) in [5.74, 6) is 1.75. The Morgan fingerprint density at radius 1 is 0.514 bits per heavy atom. The highest BCUT2D eigenvalue weighted by atomic mass is 14.7. The highest BCUT2D eigenvalue weighted by Gasteiger charge is 2.02. The van der Waals surface area contributed by atoms with Crippen LogP contribution >= 0.6 is 0 Å². The van der Waals surface area contributed by atoms with E-state index in [2.05, 4.69) is 95.5 Å². The standard InChI is InChI=1S/3C9H13N.3C2H6.CH4/c1-7(2)9-4-5-10-6-8(9)3;1-7(2)9-6-10-5-4-8(9)3;1-7(2)9-8(3)5-4-6-10-9;3*1-2;/h3*4-7H,1-3H3;3*1-2H3;1H4. The fraction of sp³-hybridized carbons (Fsp3) is 0.559. The van der Waals surface area contributed by atoms with Gasteiger partial charge < -0.3 is 0 Å². The largest absolute Gasteiger partial charge is 0.264 e. The van der Waals surface area contributed by atoms with E-state index < -0.39 is 0 Å². The number of hydrogen-bond acceptors (Lipinski definition) is 3. The van der Waals surface area contributed by atoms with Crippen LogP contribution in [0, 0.1) is 20.8 Å². The molecule has 0 saturated carbocycles. The predicted molar refractivity (Wildman–Crippen MR) is 170 cm³/mol. The van der Waals surface area contributed by atoms with Gasteiger partial charge in [0.1, 0.15) is 0 Å². The first kappa shape index (κ1) is 41.6. The Kier molecular flexibility index (Phi) is 29.8. The summed E-state index contributed by atoms with van der Waals surface area (Å²) < 4.78 is 0. The first-order chi connectivity index (χ1) is 17.1. The lowest BCUT2D eigenvalue weighted by Crippen LogP contribution is -1.94. The smallest absolute Gasteiger partial charge is 0.0458 e. The van der Waals surface area contributed by atoms with Crippen molar-refractivity contribution in [1.29, 1.82) is 0 Å². The monoisotopic (exact) mass is 511 g/mol. The molecule has 0 saturated heterocycles. The van der Waals surface area contributed by atoms with Gasteiger partial charge in [-0.15, -0.1) is 0 Å². The molecule has 3 heteroatoms. The Balaban J connectivity index is -0.000000197. The van der Waals surface area contributed by atoms with Crippen molar-refractivity contribution in [3.05, 3.63) is 88.8 Å². The molecule has 0 fully saturated rings. The lowest BCUT2D eigenvalue weighted by Gasteiger charge is -2.06. The number of nitrogens with zero attached hydrogens (tertiary/aromatic N) is 3. The van der Waals surface area contributed by atoms with E-state index in [1.54, 1.807) is 0 Å². The van der Waals surface area contributed by atoms with Crippen molar-refractivity contribution in [2.45, 2.75) is 129 Å². The minimum atomic E-state index is 0. The molecular weight excluding hydrogens is 450 g/mol. The lowest BCUT2D eigenvalue weighted by molar-refractivity contribution is 0.811. The molecule has 3 aromatic rings. The molecule has 0 aliphatic rings. The van der Waals surface area contributed by atoms with Crippen LogP contribution < -0.4 is 0 Å². The van der Waals surface area contributed by atoms with Crippen LogP contribution in [0.3, 0.4) is 0 Å². The number of aromatic nitrogens is 3. The van der Waals surface area contributed by atoms with Crippen LogP contribution in [-0.4, -0.2) is 15.0 Å². The molecule has 3 aromatic heterocycles. The molecule has 3 heterocycles. The zero-order valence-electron chi connectivity index (χ0n) is 26.3. The fourth-order valence-corrected chi connectivity index (χ4v) is 3.31. The Morgan fingerprint density at radius 2 is 1.00 bits per heavy atom. The second kappa shape index (κ2) is 26.5. The van der Waals surface area contributed by atoms with Crippen molar-refractivity contribution in [3.63, 3.8) is 0 Å². The van der Waals surface area contributed by atoms with Gasteiger partial charge in [-0.05, 0) is 84.5 Å². The Hall–Kier alpha value is -2.55. The van der Waals surface area contributed by atoms with Crippen LogP contribution in [-0.2, 0) is 0 Å². The van der Waals surface area contributed by atoms with Crippen LogP contribution in [0.2, 0.25) is 0 Å². The molecule has 0 atom stereocenters. The van der Waals surface area contributed by atoms with Gasteiger partial charge >= 0.3 is 0 Å². The van der Waals surface area contributed by atoms with Gasteiger partial charge in [-0.2, -0.15) is 0 Å². The minimum absolute atomic E-state index is 0. The van der Waals surface area contributed by atoms with Crippen LogP contribution in [0.15, 0.2) is 55.2 Å². The Bertz CT molecular complexity index is 766. The summed E-state index contributed by atoms with van der Waals surface area (Å²) in [6.45, 7) is 31.4. The molecule has 0 aliphatic carbocycles. The highest BCUT2D eigenvalue weighted by molar-refractivity contribution is 5.25. The molecule has 0 N–H and O–H groups in total. The van der Waals surface area contributed by atoms with Crippen molar-refractivity contribution in [1.82, 2.24) is 15.0 Å². The second-order valence-electron chi connectivity index (χ2n) is 8.63. The maximum atomic E-state index is 4.28. The second-order valence-corrected chi connectivity index (χ2v) is 8.63. The van der Waals surface area contributed by atoms with Gasteiger partial charge in [-0.25, -0.2) is 0 Å². The van der Waals surface area contributed by atoms with E-state index >= 15 is 0 Å². The zero-order valence-corrected chi connectivity index (χ0v) is 26.3. The summed E-state index contributed by atoms with van der Waals surface area (Å²) in [7, 11) is 0. The van der Waals surface area contributed by atoms with Crippen LogP contribution in [0.4, 0.5) is 0 Å². The summed E-state index contributed by atoms with van der Waals surface area (Å²) in [6, 6.07) is 8.21. The third-order valence-corrected chi connectivity index (χ3v) is 4.98. The molecule has 0 aliphatic heterocycles. The third-order valence-electron chi connectivity index (χ3n) is 4.98. The summed E-state index contributed by atoms with van der Waals surface area (Å²) in [5, 5.41) is 0. The van der Waals surface area contributed by atoms with Gasteiger partial charge in [0.15, 0.2) is 0 Å². The van der Waals surface area contributed by atoms with E-state index in [4.69, 9.17) is 0 Å². The quantitative estimate of drug-likeness (QED) is 0.351. The molecule has 0 aromatic carbocycles. The van der Waals surface area contributed by atoms with Crippen molar-refractivity contribution < 1.29 is 0 Å². The van der Waals surface area contributed by atoms with E-state index in [-0.39, 0.29) is 7.43 Å². The average molecular weight is 512 g/mol. The van der Waals surface area contributed by atoms with Crippen LogP contribution in [0.1, 0.15) is 142 Å². The number of hydrogen-bond donors (Lipinski definition) is 0. The molecule has 0 radical (unpaired) electrons. The van der Waals surface area contributed by atoms with E-state index in [1.165, 1.54) is 33.5 Å². The number of rotatable bonds is 3. The third kappa shape index (κ3) is 18.4. The first-order valence-electron chi connectivity index (χ1n) is 13.9. The van der Waals surface area contributed by atoms with Gasteiger partial charge in [-0.1, -0.05) is 96.6 Å². The van der Waals surface area contributed by atoms with Gasteiger partial charge in [0.2, 0.25) is 0 Å². The van der Waals surface area contributed by atoms with Crippen LogP contribution in [0.25, 0.3) is 0 Å². The van der Waals surface area contributed by atoms with Crippen molar-refractivity contribution in [2.24, 2.45) is 0 Å². The first-order valence-corrected chi connectivity index (χ1v) is 13.9. The minimum Gasteiger partial charge on any atom is -0.264 e. The van der Waals surface area contributed by atoms with E-state index in [9.17, 15) is 0 Å². The van der Waals surface area contributed by atoms with Gasteiger partial charge in [-0.3, -0.25) is 15.0 Å². The molecule has 0 spiro atoms. The summed E-state index contributed by atoms with van der Waals surface area (Å²) in [5.41, 5.74) is 7.88.